The summed E-state index contributed by atoms with van der Waals surface area (Å²) in [6.45, 7) is 2.27. The zero-order valence-electron chi connectivity index (χ0n) is 11.9. The summed E-state index contributed by atoms with van der Waals surface area (Å²) in [4.78, 5) is 19.6. The van der Waals surface area contributed by atoms with Crippen LogP contribution in [-0.4, -0.2) is 40.3 Å². The molecular weight excluding hydrogens is 258 g/mol. The van der Waals surface area contributed by atoms with Gasteiger partial charge in [-0.25, -0.2) is 9.78 Å². The number of carbonyl (C=O) groups is 1. The predicted octanol–water partition coefficient (Wildman–Crippen LogP) is 1.62. The molecular formula is C14H21N3O3. The van der Waals surface area contributed by atoms with Gasteiger partial charge in [0.2, 0.25) is 0 Å². The lowest BCUT2D eigenvalue weighted by atomic mass is 9.77. The molecule has 0 aromatic carbocycles. The van der Waals surface area contributed by atoms with E-state index in [0.717, 1.165) is 25.7 Å². The van der Waals surface area contributed by atoms with Crippen molar-refractivity contribution >= 4 is 11.8 Å². The third-order valence-electron chi connectivity index (χ3n) is 3.96. The molecule has 0 radical (unpaired) electrons. The van der Waals surface area contributed by atoms with Crippen LogP contribution >= 0.6 is 0 Å². The van der Waals surface area contributed by atoms with Gasteiger partial charge in [0.15, 0.2) is 5.69 Å². The first-order valence-electron chi connectivity index (χ1n) is 6.88. The summed E-state index contributed by atoms with van der Waals surface area (Å²) >= 11 is 0. The number of carbonyl (C=O) groups excluding carboxylic acids is 1. The van der Waals surface area contributed by atoms with Gasteiger partial charge in [-0.2, -0.15) is 0 Å². The first-order chi connectivity index (χ1) is 9.58. The van der Waals surface area contributed by atoms with Gasteiger partial charge in [-0.05, 0) is 31.6 Å². The van der Waals surface area contributed by atoms with Crippen LogP contribution in [-0.2, 0) is 4.74 Å². The second-order valence-electron chi connectivity index (χ2n) is 5.53. The summed E-state index contributed by atoms with van der Waals surface area (Å²) in [6.07, 6.45) is 6.83. The van der Waals surface area contributed by atoms with E-state index >= 15 is 0 Å². The molecule has 0 aliphatic heterocycles. The minimum Gasteiger partial charge on any atom is -0.464 e. The van der Waals surface area contributed by atoms with Gasteiger partial charge in [-0.15, -0.1) is 0 Å². The molecule has 0 amide bonds. The lowest BCUT2D eigenvalue weighted by Gasteiger charge is -2.39. The number of ether oxygens (including phenoxy) is 1. The fraction of sp³-hybridized carbons (Fsp3) is 0.643. The average Bonchev–Trinajstić information content (AvgIpc) is 2.49. The Labute approximate surface area is 118 Å². The fourth-order valence-corrected chi connectivity index (χ4v) is 2.54. The van der Waals surface area contributed by atoms with E-state index in [1.807, 2.05) is 0 Å². The lowest BCUT2D eigenvalue weighted by molar-refractivity contribution is 0.0593. The number of aliphatic hydroxyl groups excluding tert-OH is 1. The topological polar surface area (TPSA) is 84.3 Å². The van der Waals surface area contributed by atoms with Crippen molar-refractivity contribution in [2.45, 2.75) is 38.1 Å². The Morgan fingerprint density at radius 3 is 2.80 bits per heavy atom. The normalized spacial score (nSPS) is 26.1. The van der Waals surface area contributed by atoms with Crippen LogP contribution in [0.15, 0.2) is 12.4 Å². The van der Waals surface area contributed by atoms with Crippen molar-refractivity contribution in [2.24, 2.45) is 5.92 Å². The number of rotatable bonds is 4. The van der Waals surface area contributed by atoms with E-state index in [0.29, 0.717) is 11.7 Å². The highest BCUT2D eigenvalue weighted by molar-refractivity contribution is 5.87. The maximum absolute atomic E-state index is 11.4. The van der Waals surface area contributed by atoms with Crippen LogP contribution in [0.5, 0.6) is 0 Å². The van der Waals surface area contributed by atoms with Crippen molar-refractivity contribution in [3.63, 3.8) is 0 Å². The van der Waals surface area contributed by atoms with Crippen molar-refractivity contribution in [1.29, 1.82) is 0 Å². The van der Waals surface area contributed by atoms with Gasteiger partial charge >= 0.3 is 5.97 Å². The predicted molar refractivity (Wildman–Crippen MR) is 74.4 cm³/mol. The molecule has 6 nitrogen and oxygen atoms in total. The van der Waals surface area contributed by atoms with E-state index in [2.05, 4.69) is 26.9 Å². The maximum Gasteiger partial charge on any atom is 0.358 e. The largest absolute Gasteiger partial charge is 0.464 e. The molecule has 0 atom stereocenters. The van der Waals surface area contributed by atoms with Gasteiger partial charge in [0.1, 0.15) is 5.82 Å². The monoisotopic (exact) mass is 279 g/mol. The minimum absolute atomic E-state index is 0.0455. The molecule has 0 unspecified atom stereocenters. The van der Waals surface area contributed by atoms with Crippen LogP contribution in [0.25, 0.3) is 0 Å². The number of aromatic nitrogens is 2. The van der Waals surface area contributed by atoms with Gasteiger partial charge in [-0.1, -0.05) is 6.92 Å². The smallest absolute Gasteiger partial charge is 0.358 e. The van der Waals surface area contributed by atoms with Crippen molar-refractivity contribution in [3.8, 4) is 0 Å². The Morgan fingerprint density at radius 1 is 1.50 bits per heavy atom. The van der Waals surface area contributed by atoms with Crippen molar-refractivity contribution in [2.75, 3.05) is 19.0 Å². The third kappa shape index (κ3) is 3.25. The molecule has 0 saturated heterocycles. The molecule has 1 fully saturated rings. The van der Waals surface area contributed by atoms with Gasteiger partial charge in [-0.3, -0.25) is 4.98 Å². The van der Waals surface area contributed by atoms with Crippen molar-refractivity contribution in [3.05, 3.63) is 18.1 Å². The number of methoxy groups -OCH3 is 1. The van der Waals surface area contributed by atoms with E-state index in [-0.39, 0.29) is 17.8 Å². The Hall–Kier alpha value is -1.69. The van der Waals surface area contributed by atoms with E-state index in [1.54, 1.807) is 6.20 Å². The number of aliphatic hydroxyl groups is 1. The number of esters is 1. The molecule has 1 aliphatic carbocycles. The Bertz CT molecular complexity index is 470. The van der Waals surface area contributed by atoms with Crippen LogP contribution in [0.3, 0.4) is 0 Å². The molecule has 1 saturated carbocycles. The molecule has 1 heterocycles. The highest BCUT2D eigenvalue weighted by atomic mass is 16.5. The lowest BCUT2D eigenvalue weighted by Crippen LogP contribution is -2.45. The van der Waals surface area contributed by atoms with Gasteiger partial charge in [0, 0.05) is 0 Å². The summed E-state index contributed by atoms with van der Waals surface area (Å²) in [6, 6.07) is 0. The van der Waals surface area contributed by atoms with Crippen molar-refractivity contribution in [1.82, 2.24) is 9.97 Å². The first-order valence-corrected chi connectivity index (χ1v) is 6.88. The average molecular weight is 279 g/mol. The van der Waals surface area contributed by atoms with E-state index in [9.17, 15) is 9.90 Å². The Kier molecular flexibility index (Phi) is 4.54. The molecule has 110 valence electrons. The zero-order valence-corrected chi connectivity index (χ0v) is 11.9. The minimum atomic E-state index is -0.517. The fourth-order valence-electron chi connectivity index (χ4n) is 2.54. The highest BCUT2D eigenvalue weighted by Crippen LogP contribution is 2.33. The number of anilines is 1. The molecule has 1 aromatic heterocycles. The SMILES string of the molecule is COC(=O)c1cncc(NC2(CO)CCC(C)CC2)n1. The van der Waals surface area contributed by atoms with Crippen LogP contribution in [0.1, 0.15) is 43.1 Å². The van der Waals surface area contributed by atoms with Crippen LogP contribution in [0.2, 0.25) is 0 Å². The number of nitrogens with zero attached hydrogens (tertiary/aromatic N) is 2. The maximum atomic E-state index is 11.4. The molecule has 0 bridgehead atoms. The molecule has 6 heteroatoms. The molecule has 0 spiro atoms. The second kappa shape index (κ2) is 6.17. The van der Waals surface area contributed by atoms with Gasteiger partial charge < -0.3 is 15.2 Å². The van der Waals surface area contributed by atoms with Crippen LogP contribution in [0, 0.1) is 5.92 Å². The third-order valence-corrected chi connectivity index (χ3v) is 3.96. The Balaban J connectivity index is 2.13. The summed E-state index contributed by atoms with van der Waals surface area (Å²) < 4.78 is 4.63. The number of nitrogens with one attached hydrogen (secondary N) is 1. The van der Waals surface area contributed by atoms with E-state index < -0.39 is 5.97 Å². The summed E-state index contributed by atoms with van der Waals surface area (Å²) in [5.41, 5.74) is -0.203. The molecule has 2 rings (SSSR count). The molecule has 1 aliphatic rings. The molecule has 1 aromatic rings. The van der Waals surface area contributed by atoms with Crippen LogP contribution < -0.4 is 5.32 Å². The summed E-state index contributed by atoms with van der Waals surface area (Å²) in [7, 11) is 1.31. The zero-order chi connectivity index (χ0) is 14.6. The summed E-state index contributed by atoms with van der Waals surface area (Å²) in [5, 5.41) is 13.0. The van der Waals surface area contributed by atoms with Gasteiger partial charge in [0.25, 0.3) is 0 Å². The van der Waals surface area contributed by atoms with Gasteiger partial charge in [0.05, 0.1) is 31.6 Å². The highest BCUT2D eigenvalue weighted by Gasteiger charge is 2.34. The van der Waals surface area contributed by atoms with Crippen molar-refractivity contribution < 1.29 is 14.6 Å². The standard InChI is InChI=1S/C14H21N3O3/c1-10-3-5-14(9-18,6-4-10)17-12-8-15-7-11(16-12)13(19)20-2/h7-8,10,18H,3-6,9H2,1-2H3,(H,16,17). The van der Waals surface area contributed by atoms with Crippen LogP contribution in [0.4, 0.5) is 5.82 Å². The van der Waals surface area contributed by atoms with E-state index in [4.69, 9.17) is 0 Å². The first kappa shape index (κ1) is 14.7. The Morgan fingerprint density at radius 2 is 2.20 bits per heavy atom. The van der Waals surface area contributed by atoms with E-state index in [1.165, 1.54) is 13.3 Å². The molecule has 20 heavy (non-hydrogen) atoms. The number of hydrogen-bond acceptors (Lipinski definition) is 6. The number of hydrogen-bond donors (Lipinski definition) is 2. The quantitative estimate of drug-likeness (QED) is 0.815. The molecule has 2 N–H and O–H groups in total. The summed E-state index contributed by atoms with van der Waals surface area (Å²) in [5.74, 6) is 0.664. The second-order valence-corrected chi connectivity index (χ2v) is 5.53.